The molecule has 0 amide bonds. The summed E-state index contributed by atoms with van der Waals surface area (Å²) in [6.07, 6.45) is 4.23. The summed E-state index contributed by atoms with van der Waals surface area (Å²) in [5.74, 6) is 0. The Balaban J connectivity index is 2.75. The van der Waals surface area contributed by atoms with Crippen LogP contribution in [0.1, 0.15) is 19.4 Å². The van der Waals surface area contributed by atoms with Crippen LogP contribution in [0.3, 0.4) is 0 Å². The molecule has 3 heteroatoms. The maximum Gasteiger partial charge on any atom is 0.0456 e. The van der Waals surface area contributed by atoms with Crippen LogP contribution in [-0.4, -0.2) is 6.21 Å². The van der Waals surface area contributed by atoms with Gasteiger partial charge in [0, 0.05) is 28.4 Å². The molecular formula is C14H15Cl2N. The zero-order valence-corrected chi connectivity index (χ0v) is 11.5. The van der Waals surface area contributed by atoms with Crippen LogP contribution in [0.4, 0.5) is 0 Å². The molecular weight excluding hydrogens is 253 g/mol. The van der Waals surface area contributed by atoms with Crippen molar-refractivity contribution in [3.05, 3.63) is 57.7 Å². The summed E-state index contributed by atoms with van der Waals surface area (Å²) >= 11 is 12.1. The van der Waals surface area contributed by atoms with E-state index in [1.165, 1.54) is 5.57 Å². The first-order valence-corrected chi connectivity index (χ1v) is 6.04. The largest absolute Gasteiger partial charge is 0.262 e. The SMILES string of the molecule is C=C(Cc1c(Cl)cccc1Cl)/N=C\C=C(C)C. The molecule has 1 aromatic carbocycles. The highest BCUT2D eigenvalue weighted by Crippen LogP contribution is 2.26. The van der Waals surface area contributed by atoms with E-state index >= 15 is 0 Å². The van der Waals surface area contributed by atoms with E-state index in [0.29, 0.717) is 16.5 Å². The molecule has 0 saturated carbocycles. The highest BCUT2D eigenvalue weighted by Gasteiger charge is 2.05. The number of nitrogens with zero attached hydrogens (tertiary/aromatic N) is 1. The third kappa shape index (κ3) is 4.76. The van der Waals surface area contributed by atoms with E-state index in [1.807, 2.05) is 38.1 Å². The van der Waals surface area contributed by atoms with E-state index in [4.69, 9.17) is 23.2 Å². The molecule has 0 saturated heterocycles. The Kier molecular flexibility index (Phi) is 5.46. The third-order valence-corrected chi connectivity index (χ3v) is 2.82. The van der Waals surface area contributed by atoms with Crippen LogP contribution < -0.4 is 0 Å². The lowest BCUT2D eigenvalue weighted by Gasteiger charge is -2.05. The fourth-order valence-electron chi connectivity index (χ4n) is 1.24. The van der Waals surface area contributed by atoms with Crippen molar-refractivity contribution in [1.29, 1.82) is 0 Å². The van der Waals surface area contributed by atoms with Crippen molar-refractivity contribution < 1.29 is 0 Å². The third-order valence-electron chi connectivity index (χ3n) is 2.11. The number of halogens is 2. The number of aliphatic imine (C=N–C) groups is 1. The Morgan fingerprint density at radius 2 is 1.88 bits per heavy atom. The molecule has 0 fully saturated rings. The fourth-order valence-corrected chi connectivity index (χ4v) is 1.77. The number of benzene rings is 1. The van der Waals surface area contributed by atoms with Gasteiger partial charge in [-0.1, -0.05) is 41.4 Å². The van der Waals surface area contributed by atoms with Crippen molar-refractivity contribution in [2.24, 2.45) is 4.99 Å². The van der Waals surface area contributed by atoms with E-state index in [1.54, 1.807) is 6.21 Å². The first kappa shape index (κ1) is 14.0. The molecule has 0 aromatic heterocycles. The van der Waals surface area contributed by atoms with Gasteiger partial charge >= 0.3 is 0 Å². The number of hydrogen-bond donors (Lipinski definition) is 0. The van der Waals surface area contributed by atoms with Gasteiger partial charge in [0.05, 0.1) is 0 Å². The summed E-state index contributed by atoms with van der Waals surface area (Å²) in [6.45, 7) is 7.91. The van der Waals surface area contributed by atoms with Gasteiger partial charge in [0.25, 0.3) is 0 Å². The molecule has 17 heavy (non-hydrogen) atoms. The van der Waals surface area contributed by atoms with Crippen molar-refractivity contribution in [1.82, 2.24) is 0 Å². The lowest BCUT2D eigenvalue weighted by atomic mass is 10.1. The van der Waals surface area contributed by atoms with E-state index in [9.17, 15) is 0 Å². The first-order valence-electron chi connectivity index (χ1n) is 5.29. The Bertz CT molecular complexity index is 449. The van der Waals surface area contributed by atoms with Gasteiger partial charge in [-0.25, -0.2) is 0 Å². The first-order chi connectivity index (χ1) is 8.00. The van der Waals surface area contributed by atoms with Crippen molar-refractivity contribution in [3.63, 3.8) is 0 Å². The molecule has 0 radical (unpaired) electrons. The van der Waals surface area contributed by atoms with Gasteiger partial charge in [-0.05, 0) is 37.6 Å². The Hall–Kier alpha value is -1.05. The zero-order chi connectivity index (χ0) is 12.8. The normalized spacial score (nSPS) is 10.6. The van der Waals surface area contributed by atoms with Crippen LogP contribution in [0.5, 0.6) is 0 Å². The van der Waals surface area contributed by atoms with Crippen molar-refractivity contribution in [2.75, 3.05) is 0 Å². The minimum atomic E-state index is 0.561. The lowest BCUT2D eigenvalue weighted by molar-refractivity contribution is 1.12. The van der Waals surface area contributed by atoms with E-state index < -0.39 is 0 Å². The van der Waals surface area contributed by atoms with Crippen LogP contribution in [0, 0.1) is 0 Å². The van der Waals surface area contributed by atoms with Crippen LogP contribution in [0.25, 0.3) is 0 Å². The highest BCUT2D eigenvalue weighted by atomic mass is 35.5. The van der Waals surface area contributed by atoms with Gasteiger partial charge < -0.3 is 0 Å². The molecule has 1 aromatic rings. The zero-order valence-electron chi connectivity index (χ0n) is 10.0. The minimum Gasteiger partial charge on any atom is -0.262 e. The molecule has 0 heterocycles. The quantitative estimate of drug-likeness (QED) is 0.675. The summed E-state index contributed by atoms with van der Waals surface area (Å²) in [6, 6.07) is 5.45. The van der Waals surface area contributed by atoms with Crippen LogP contribution in [-0.2, 0) is 6.42 Å². The number of allylic oxidation sites excluding steroid dienone is 3. The van der Waals surface area contributed by atoms with E-state index in [2.05, 4.69) is 11.6 Å². The molecule has 0 aliphatic rings. The molecule has 0 aliphatic heterocycles. The van der Waals surface area contributed by atoms with Crippen LogP contribution in [0.2, 0.25) is 10.0 Å². The maximum atomic E-state index is 6.07. The summed E-state index contributed by atoms with van der Waals surface area (Å²) in [5, 5.41) is 1.30. The Morgan fingerprint density at radius 3 is 2.41 bits per heavy atom. The second-order valence-corrected chi connectivity index (χ2v) is 4.78. The molecule has 1 rings (SSSR count). The van der Waals surface area contributed by atoms with Gasteiger partial charge in [0.15, 0.2) is 0 Å². The molecule has 0 N–H and O–H groups in total. The topological polar surface area (TPSA) is 12.4 Å². The Labute approximate surface area is 112 Å². The summed E-state index contributed by atoms with van der Waals surface area (Å²) in [7, 11) is 0. The minimum absolute atomic E-state index is 0.561. The molecule has 0 aliphatic carbocycles. The summed E-state index contributed by atoms with van der Waals surface area (Å²) < 4.78 is 0. The summed E-state index contributed by atoms with van der Waals surface area (Å²) in [4.78, 5) is 4.23. The molecule has 0 unspecified atom stereocenters. The van der Waals surface area contributed by atoms with Gasteiger partial charge in [0.2, 0.25) is 0 Å². The summed E-state index contributed by atoms with van der Waals surface area (Å²) in [5.41, 5.74) is 2.80. The predicted octanol–water partition coefficient (Wildman–Crippen LogP) is 5.09. The van der Waals surface area contributed by atoms with Gasteiger partial charge in [-0.3, -0.25) is 4.99 Å². The molecule has 90 valence electrons. The van der Waals surface area contributed by atoms with E-state index in [0.717, 1.165) is 11.3 Å². The standard InChI is InChI=1S/C14H15Cl2N/c1-10(2)7-8-17-11(3)9-12-13(15)5-4-6-14(12)16/h4-8H,3,9H2,1-2H3/b17-8-. The highest BCUT2D eigenvalue weighted by molar-refractivity contribution is 6.36. The monoisotopic (exact) mass is 267 g/mol. The fraction of sp³-hybridized carbons (Fsp3) is 0.214. The van der Waals surface area contributed by atoms with Crippen molar-refractivity contribution in [2.45, 2.75) is 20.3 Å². The smallest absolute Gasteiger partial charge is 0.0456 e. The average molecular weight is 268 g/mol. The van der Waals surface area contributed by atoms with Crippen LogP contribution in [0.15, 0.2) is 47.1 Å². The second-order valence-electron chi connectivity index (χ2n) is 3.97. The maximum absolute atomic E-state index is 6.07. The second kappa shape index (κ2) is 6.63. The average Bonchev–Trinajstić information content (AvgIpc) is 2.23. The predicted molar refractivity (Wildman–Crippen MR) is 77.2 cm³/mol. The molecule has 0 atom stereocenters. The number of rotatable bonds is 4. The lowest BCUT2D eigenvalue weighted by Crippen LogP contribution is -1.90. The van der Waals surface area contributed by atoms with E-state index in [-0.39, 0.29) is 0 Å². The van der Waals surface area contributed by atoms with Crippen LogP contribution >= 0.6 is 23.2 Å². The van der Waals surface area contributed by atoms with Crippen molar-refractivity contribution >= 4 is 29.4 Å². The van der Waals surface area contributed by atoms with Crippen molar-refractivity contribution in [3.8, 4) is 0 Å². The number of hydrogen-bond acceptors (Lipinski definition) is 1. The van der Waals surface area contributed by atoms with Gasteiger partial charge in [0.1, 0.15) is 0 Å². The molecule has 0 bridgehead atoms. The molecule has 0 spiro atoms. The molecule has 1 nitrogen and oxygen atoms in total. The Morgan fingerprint density at radius 1 is 1.29 bits per heavy atom. The van der Waals surface area contributed by atoms with Gasteiger partial charge in [-0.2, -0.15) is 0 Å². The van der Waals surface area contributed by atoms with Gasteiger partial charge in [-0.15, -0.1) is 0 Å².